The number of halogens is 1. The lowest BCUT2D eigenvalue weighted by Crippen LogP contribution is -2.19. The quantitative estimate of drug-likeness (QED) is 0.799. The minimum absolute atomic E-state index is 0.235. The Balaban J connectivity index is 2.69. The van der Waals surface area contributed by atoms with Crippen molar-refractivity contribution in [3.63, 3.8) is 0 Å². The van der Waals surface area contributed by atoms with Crippen LogP contribution in [0.25, 0.3) is 0 Å². The van der Waals surface area contributed by atoms with Gasteiger partial charge in [0.1, 0.15) is 6.10 Å². The van der Waals surface area contributed by atoms with Gasteiger partial charge in [-0.1, -0.05) is 15.9 Å². The average Bonchev–Trinajstić information content (AvgIpc) is 2.22. The number of hydrogen-bond donors (Lipinski definition) is 0. The average molecular weight is 287 g/mol. The zero-order chi connectivity index (χ0) is 12.1. The molecule has 0 aliphatic carbocycles. The fraction of sp³-hybridized carbons (Fsp3) is 0.417. The van der Waals surface area contributed by atoms with Crippen LogP contribution in [0, 0.1) is 6.92 Å². The van der Waals surface area contributed by atoms with Gasteiger partial charge in [-0.2, -0.15) is 0 Å². The van der Waals surface area contributed by atoms with Crippen LogP contribution in [0.2, 0.25) is 0 Å². The molecule has 3 nitrogen and oxygen atoms in total. The van der Waals surface area contributed by atoms with Crippen molar-refractivity contribution in [2.45, 2.75) is 20.0 Å². The molecule has 0 aliphatic rings. The van der Waals surface area contributed by atoms with Crippen LogP contribution < -0.4 is 0 Å². The van der Waals surface area contributed by atoms with Crippen molar-refractivity contribution in [1.82, 2.24) is 0 Å². The minimum Gasteiger partial charge on any atom is -0.457 e. The number of aryl methyl sites for hydroxylation is 1. The third kappa shape index (κ3) is 3.61. The van der Waals surface area contributed by atoms with Gasteiger partial charge in [0.05, 0.1) is 12.2 Å². The van der Waals surface area contributed by atoms with Crippen molar-refractivity contribution in [2.24, 2.45) is 0 Å². The predicted octanol–water partition coefficient (Wildman–Crippen LogP) is 2.95. The van der Waals surface area contributed by atoms with Crippen molar-refractivity contribution < 1.29 is 14.3 Å². The Hall–Kier alpha value is -0.870. The van der Waals surface area contributed by atoms with Crippen LogP contribution >= 0.6 is 15.9 Å². The summed E-state index contributed by atoms with van der Waals surface area (Å²) in [4.78, 5) is 11.7. The van der Waals surface area contributed by atoms with E-state index in [1.807, 2.05) is 13.0 Å². The Morgan fingerprint density at radius 1 is 1.50 bits per heavy atom. The second kappa shape index (κ2) is 6.01. The number of ether oxygens (including phenoxy) is 2. The van der Waals surface area contributed by atoms with Gasteiger partial charge in [-0.15, -0.1) is 0 Å². The van der Waals surface area contributed by atoms with Crippen LogP contribution in [0.1, 0.15) is 22.8 Å². The largest absolute Gasteiger partial charge is 0.457 e. The molecule has 0 fully saturated rings. The molecule has 16 heavy (non-hydrogen) atoms. The highest BCUT2D eigenvalue weighted by atomic mass is 79.9. The van der Waals surface area contributed by atoms with Gasteiger partial charge >= 0.3 is 5.97 Å². The normalized spacial score (nSPS) is 12.2. The molecule has 4 heteroatoms. The summed E-state index contributed by atoms with van der Waals surface area (Å²) in [7, 11) is 1.58. The number of hydrogen-bond acceptors (Lipinski definition) is 3. The molecule has 0 aliphatic heterocycles. The van der Waals surface area contributed by atoms with E-state index in [0.717, 1.165) is 10.0 Å². The van der Waals surface area contributed by atoms with E-state index in [9.17, 15) is 4.79 Å². The summed E-state index contributed by atoms with van der Waals surface area (Å²) < 4.78 is 11.1. The third-order valence-electron chi connectivity index (χ3n) is 2.10. The minimum atomic E-state index is -0.319. The summed E-state index contributed by atoms with van der Waals surface area (Å²) in [6.45, 7) is 4.13. The predicted molar refractivity (Wildman–Crippen MR) is 65.6 cm³/mol. The van der Waals surface area contributed by atoms with Crippen LogP contribution in [-0.2, 0) is 9.47 Å². The van der Waals surface area contributed by atoms with Gasteiger partial charge in [0.25, 0.3) is 0 Å². The van der Waals surface area contributed by atoms with Crippen molar-refractivity contribution in [3.8, 4) is 0 Å². The van der Waals surface area contributed by atoms with Crippen molar-refractivity contribution in [3.05, 3.63) is 33.8 Å². The summed E-state index contributed by atoms with van der Waals surface area (Å²) in [6.07, 6.45) is -0.235. The maximum absolute atomic E-state index is 11.7. The Bertz CT molecular complexity index is 377. The molecular weight excluding hydrogens is 272 g/mol. The fourth-order valence-electron chi connectivity index (χ4n) is 1.29. The standard InChI is InChI=1S/C12H15BrO3/c1-8-6-10(4-5-11(8)13)12(14)16-9(2)7-15-3/h4-6,9H,7H2,1-3H3. The highest BCUT2D eigenvalue weighted by Gasteiger charge is 2.12. The van der Waals surface area contributed by atoms with E-state index in [0.29, 0.717) is 12.2 Å². The Morgan fingerprint density at radius 2 is 2.19 bits per heavy atom. The number of methoxy groups -OCH3 is 1. The molecule has 1 unspecified atom stereocenters. The second-order valence-corrected chi connectivity index (χ2v) is 4.49. The highest BCUT2D eigenvalue weighted by Crippen LogP contribution is 2.17. The molecule has 0 N–H and O–H groups in total. The maximum atomic E-state index is 11.7. The lowest BCUT2D eigenvalue weighted by Gasteiger charge is -2.12. The summed E-state index contributed by atoms with van der Waals surface area (Å²) in [6, 6.07) is 5.37. The number of esters is 1. The topological polar surface area (TPSA) is 35.5 Å². The first-order valence-corrected chi connectivity index (χ1v) is 5.80. The maximum Gasteiger partial charge on any atom is 0.338 e. The molecule has 0 heterocycles. The zero-order valence-corrected chi connectivity index (χ0v) is 11.2. The van der Waals surface area contributed by atoms with Crippen molar-refractivity contribution in [2.75, 3.05) is 13.7 Å². The van der Waals surface area contributed by atoms with E-state index in [4.69, 9.17) is 9.47 Å². The molecule has 1 aromatic carbocycles. The number of benzene rings is 1. The lowest BCUT2D eigenvalue weighted by atomic mass is 10.1. The molecule has 0 amide bonds. The molecule has 1 atom stereocenters. The molecule has 88 valence electrons. The van der Waals surface area contributed by atoms with Crippen LogP contribution in [0.4, 0.5) is 0 Å². The van der Waals surface area contributed by atoms with Crippen LogP contribution in [0.3, 0.4) is 0 Å². The van der Waals surface area contributed by atoms with Gasteiger partial charge in [0.15, 0.2) is 0 Å². The van der Waals surface area contributed by atoms with Crippen LogP contribution in [0.5, 0.6) is 0 Å². The van der Waals surface area contributed by atoms with Gasteiger partial charge in [-0.3, -0.25) is 0 Å². The van der Waals surface area contributed by atoms with E-state index in [1.54, 1.807) is 26.2 Å². The molecule has 0 bridgehead atoms. The van der Waals surface area contributed by atoms with Gasteiger partial charge in [0.2, 0.25) is 0 Å². The number of carbonyl (C=O) groups excluding carboxylic acids is 1. The molecule has 0 radical (unpaired) electrons. The lowest BCUT2D eigenvalue weighted by molar-refractivity contribution is 0.0120. The van der Waals surface area contributed by atoms with Crippen molar-refractivity contribution in [1.29, 1.82) is 0 Å². The molecule has 1 rings (SSSR count). The first-order valence-electron chi connectivity index (χ1n) is 5.00. The van der Waals surface area contributed by atoms with E-state index in [-0.39, 0.29) is 12.1 Å². The molecule has 0 spiro atoms. The van der Waals surface area contributed by atoms with Gasteiger partial charge in [-0.25, -0.2) is 4.79 Å². The fourth-order valence-corrected chi connectivity index (χ4v) is 1.54. The van der Waals surface area contributed by atoms with E-state index >= 15 is 0 Å². The smallest absolute Gasteiger partial charge is 0.338 e. The zero-order valence-electron chi connectivity index (χ0n) is 9.62. The second-order valence-electron chi connectivity index (χ2n) is 3.64. The third-order valence-corrected chi connectivity index (χ3v) is 2.99. The van der Waals surface area contributed by atoms with E-state index in [1.165, 1.54) is 0 Å². The SMILES string of the molecule is COCC(C)OC(=O)c1ccc(Br)c(C)c1. The number of rotatable bonds is 4. The van der Waals surface area contributed by atoms with E-state index in [2.05, 4.69) is 15.9 Å². The first-order chi connectivity index (χ1) is 7.54. The number of carbonyl (C=O) groups is 1. The molecule has 0 saturated carbocycles. The molecule has 1 aromatic rings. The van der Waals surface area contributed by atoms with Gasteiger partial charge in [-0.05, 0) is 37.6 Å². The van der Waals surface area contributed by atoms with Gasteiger partial charge in [0, 0.05) is 11.6 Å². The van der Waals surface area contributed by atoms with Crippen molar-refractivity contribution >= 4 is 21.9 Å². The summed E-state index contributed by atoms with van der Waals surface area (Å²) in [5.41, 5.74) is 1.57. The molecule has 0 aromatic heterocycles. The summed E-state index contributed by atoms with van der Waals surface area (Å²) in [5, 5.41) is 0. The first kappa shape index (κ1) is 13.2. The molecule has 0 saturated heterocycles. The van der Waals surface area contributed by atoms with Gasteiger partial charge < -0.3 is 9.47 Å². The monoisotopic (exact) mass is 286 g/mol. The highest BCUT2D eigenvalue weighted by molar-refractivity contribution is 9.10. The Morgan fingerprint density at radius 3 is 2.75 bits per heavy atom. The van der Waals surface area contributed by atoms with Crippen LogP contribution in [0.15, 0.2) is 22.7 Å². The summed E-state index contributed by atoms with van der Waals surface area (Å²) in [5.74, 6) is -0.319. The molecular formula is C12H15BrO3. The Kier molecular flexibility index (Phi) is 4.96. The van der Waals surface area contributed by atoms with Crippen LogP contribution in [-0.4, -0.2) is 25.8 Å². The summed E-state index contributed by atoms with van der Waals surface area (Å²) >= 11 is 3.38. The van der Waals surface area contributed by atoms with E-state index < -0.39 is 0 Å². The Labute approximate surface area is 104 Å².